The number of benzene rings is 3. The minimum absolute atomic E-state index is 0.0131. The topological polar surface area (TPSA) is 308 Å². The van der Waals surface area contributed by atoms with E-state index in [1.54, 1.807) is 40.3 Å². The summed E-state index contributed by atoms with van der Waals surface area (Å²) in [7, 11) is 0. The number of hydrogen-bond acceptors (Lipinski definition) is 21. The van der Waals surface area contributed by atoms with Gasteiger partial charge in [-0.2, -0.15) is 0 Å². The van der Waals surface area contributed by atoms with Crippen LogP contribution in [0.25, 0.3) is 63.8 Å². The number of aromatic nitrogens is 12. The van der Waals surface area contributed by atoms with Crippen LogP contribution in [0.4, 0.5) is 17.5 Å². The molecule has 93 heavy (non-hydrogen) atoms. The van der Waals surface area contributed by atoms with Crippen molar-refractivity contribution in [1.82, 2.24) is 58.6 Å². The van der Waals surface area contributed by atoms with Crippen molar-refractivity contribution >= 4 is 115 Å². The summed E-state index contributed by atoms with van der Waals surface area (Å²) in [4.78, 5) is 38.8. The number of aliphatic hydroxyl groups excluding tert-OH is 4. The van der Waals surface area contributed by atoms with Crippen molar-refractivity contribution in [2.45, 2.75) is 151 Å². The smallest absolute Gasteiger partial charge is 0.163 e. The third-order valence-electron chi connectivity index (χ3n) is 22.3. The highest BCUT2D eigenvalue weighted by molar-refractivity contribution is 7.17. The fourth-order valence-corrected chi connectivity index (χ4v) is 20.2. The van der Waals surface area contributed by atoms with Crippen molar-refractivity contribution < 1.29 is 29.9 Å². The molecular formula is C69H73N15O6S3. The van der Waals surface area contributed by atoms with Crippen LogP contribution in [0, 0.1) is 34.0 Å². The molecule has 12 aromatic rings. The summed E-state index contributed by atoms with van der Waals surface area (Å²) in [6.45, 7) is 4.06. The van der Waals surface area contributed by atoms with Crippen LogP contribution in [-0.4, -0.2) is 121 Å². The number of hydrogen-bond donors (Lipinski definition) is 7. The first-order valence-electron chi connectivity index (χ1n) is 32.2. The molecule has 0 unspecified atom stereocenters. The Morgan fingerprint density at radius 3 is 1.18 bits per heavy atom. The third kappa shape index (κ3) is 9.98. The van der Waals surface area contributed by atoms with E-state index in [2.05, 4.69) is 110 Å². The van der Waals surface area contributed by atoms with Gasteiger partial charge < -0.3 is 60.8 Å². The molecule has 19 rings (SSSR count). The van der Waals surface area contributed by atoms with Crippen LogP contribution in [0.15, 0.2) is 127 Å². The zero-order valence-corrected chi connectivity index (χ0v) is 53.9. The molecule has 7 aliphatic rings. The van der Waals surface area contributed by atoms with E-state index in [-0.39, 0.29) is 46.6 Å². The first kappa shape index (κ1) is 59.1. The van der Waals surface area contributed by atoms with Gasteiger partial charge in [-0.1, -0.05) is 18.2 Å². The lowest BCUT2D eigenvalue weighted by Crippen LogP contribution is -2.46. The number of nitrogens with zero attached hydrogens (tertiary/aromatic N) is 12. The Labute approximate surface area is 546 Å². The Bertz CT molecular complexity index is 4610. The number of nitrogen functional groups attached to an aromatic ring is 3. The number of ether oxygens (including phenoxy) is 2. The minimum atomic E-state index is -0.816. The summed E-state index contributed by atoms with van der Waals surface area (Å²) >= 11 is 5.02. The molecule has 21 nitrogen and oxygen atoms in total. The first-order valence-corrected chi connectivity index (χ1v) is 34.9. The number of thiazole rings is 3. The van der Waals surface area contributed by atoms with E-state index in [0.717, 1.165) is 115 Å². The molecule has 9 atom stereocenters. The number of nitrogens with two attached hydrogens (primary N) is 3. The van der Waals surface area contributed by atoms with Gasteiger partial charge in [-0.3, -0.25) is 0 Å². The summed E-state index contributed by atoms with van der Waals surface area (Å²) in [6.07, 6.45) is 19.0. The van der Waals surface area contributed by atoms with E-state index in [9.17, 15) is 20.4 Å². The predicted octanol–water partition coefficient (Wildman–Crippen LogP) is 10.6. The maximum absolute atomic E-state index is 10.9. The molecule has 3 aromatic carbocycles. The van der Waals surface area contributed by atoms with E-state index >= 15 is 0 Å². The number of fused-ring (bicyclic) bond motifs is 8. The van der Waals surface area contributed by atoms with Gasteiger partial charge in [0.05, 0.1) is 99.8 Å². The first-order chi connectivity index (χ1) is 45.0. The Morgan fingerprint density at radius 2 is 0.796 bits per heavy atom. The summed E-state index contributed by atoms with van der Waals surface area (Å²) in [5.74, 6) is 2.50. The van der Waals surface area contributed by atoms with E-state index in [0.29, 0.717) is 46.5 Å². The van der Waals surface area contributed by atoms with E-state index < -0.39 is 30.2 Å². The molecule has 1 aliphatic heterocycles. The van der Waals surface area contributed by atoms with Gasteiger partial charge in [0.15, 0.2) is 5.79 Å². The van der Waals surface area contributed by atoms with Crippen LogP contribution in [0.3, 0.4) is 0 Å². The maximum Gasteiger partial charge on any atom is 0.163 e. The zero-order chi connectivity index (χ0) is 63.3. The standard InChI is InChI=1S/C25H27N5O2S.2C22H23N5O2S/c1-24(2)31-20-18(30-6-5-16-22(26)27-12-28-23(16)30)11-25(21(20)32-24)9-15(10-25)7-14-3-4-19-17(8-14)29-13-33-19;2*23-20-14-3-4-27(21(14)25-10-24-20)16-9-22(19(29)18(16)28)7-13(8-22)5-12-1-2-17-15(6-12)26-11-30-17/h3-6,8,12-13,15,18,20-21H,7,9-11H2,1-2H3,(H2,26,27,28);2*1-4,6,10-11,13,16,18-19,28-29H,5,7-9H2,(H2,23,24,25)/t15?,18-,20+,21+,25?;2*13?,16-,18+,19+,22?/m111/s1. The highest BCUT2D eigenvalue weighted by Crippen LogP contribution is 2.65. The van der Waals surface area contributed by atoms with Crippen LogP contribution in [0.1, 0.15) is 106 Å². The summed E-state index contributed by atoms with van der Waals surface area (Å²) in [5.41, 5.74) is 32.9. The van der Waals surface area contributed by atoms with Gasteiger partial charge in [0.2, 0.25) is 0 Å². The largest absolute Gasteiger partial charge is 0.390 e. The molecule has 10 heterocycles. The Hall–Kier alpha value is -7.65. The van der Waals surface area contributed by atoms with Crippen molar-refractivity contribution in [1.29, 1.82) is 0 Å². The molecule has 0 amide bonds. The molecule has 0 radical (unpaired) electrons. The van der Waals surface area contributed by atoms with Gasteiger partial charge in [-0.25, -0.2) is 44.9 Å². The van der Waals surface area contributed by atoms with Crippen LogP contribution >= 0.6 is 34.0 Å². The number of aliphatic hydroxyl groups is 4. The van der Waals surface area contributed by atoms with Crippen LogP contribution in [0.5, 0.6) is 0 Å². The summed E-state index contributed by atoms with van der Waals surface area (Å²) in [5, 5.41) is 46.1. The van der Waals surface area contributed by atoms with E-state index in [4.69, 9.17) is 26.7 Å². The fourth-order valence-electron chi connectivity index (χ4n) is 18.2. The Morgan fingerprint density at radius 1 is 0.441 bits per heavy atom. The second kappa shape index (κ2) is 22.2. The predicted molar refractivity (Wildman–Crippen MR) is 360 cm³/mol. The normalized spacial score (nSPS) is 31.5. The number of anilines is 3. The zero-order valence-electron chi connectivity index (χ0n) is 51.5. The van der Waals surface area contributed by atoms with E-state index in [1.165, 1.54) is 43.4 Å². The van der Waals surface area contributed by atoms with Crippen molar-refractivity contribution in [2.75, 3.05) is 17.2 Å². The lowest BCUT2D eigenvalue weighted by atomic mass is 9.58. The van der Waals surface area contributed by atoms with Gasteiger partial charge in [0.25, 0.3) is 0 Å². The average molecular weight is 1300 g/mol. The Kier molecular flexibility index (Phi) is 14.1. The maximum atomic E-state index is 10.9. The molecule has 10 N–H and O–H groups in total. The van der Waals surface area contributed by atoms with Crippen molar-refractivity contribution in [3.05, 3.63) is 144 Å². The van der Waals surface area contributed by atoms with Gasteiger partial charge in [-0.05, 0) is 180 Å². The average Bonchev–Trinajstić information content (AvgIpc) is 1.58. The fraction of sp³-hybridized carbons (Fsp3) is 0.435. The van der Waals surface area contributed by atoms with E-state index in [1.807, 2.05) is 70.1 Å². The molecule has 0 bridgehead atoms. The van der Waals surface area contributed by atoms with Gasteiger partial charge in [-0.15, -0.1) is 34.0 Å². The van der Waals surface area contributed by atoms with Crippen molar-refractivity contribution in [2.24, 2.45) is 34.0 Å². The van der Waals surface area contributed by atoms with Gasteiger partial charge >= 0.3 is 0 Å². The van der Waals surface area contributed by atoms with Crippen molar-refractivity contribution in [3.63, 3.8) is 0 Å². The Balaban J connectivity index is 0.000000107. The van der Waals surface area contributed by atoms with Crippen molar-refractivity contribution in [3.8, 4) is 0 Å². The summed E-state index contributed by atoms with van der Waals surface area (Å²) in [6, 6.07) is 25.3. The molecule has 6 saturated carbocycles. The highest BCUT2D eigenvalue weighted by Gasteiger charge is 2.66. The number of rotatable bonds is 9. The van der Waals surface area contributed by atoms with Crippen LogP contribution in [0.2, 0.25) is 0 Å². The molecule has 9 aromatic heterocycles. The quantitative estimate of drug-likeness (QED) is 0.0706. The molecule has 6 aliphatic carbocycles. The molecule has 1 saturated heterocycles. The minimum Gasteiger partial charge on any atom is -0.390 e. The monoisotopic (exact) mass is 1300 g/mol. The molecule has 7 fully saturated rings. The van der Waals surface area contributed by atoms with Crippen LogP contribution < -0.4 is 17.2 Å². The van der Waals surface area contributed by atoms with Gasteiger partial charge in [0, 0.05) is 34.8 Å². The molecular weight excluding hydrogens is 1230 g/mol. The molecule has 478 valence electrons. The second-order valence-electron chi connectivity index (χ2n) is 28.3. The lowest BCUT2D eigenvalue weighted by Gasteiger charge is -2.49. The third-order valence-corrected chi connectivity index (χ3v) is 24.7. The molecule has 24 heteroatoms. The SMILES string of the molecule is CC1(C)O[C@H]2[C@H](n3ccc4c(N)ncnc43)CC3(CC(Cc4ccc5scnc5c4)C3)[C@H]2O1.Nc1ncnc2c1ccn2[C@@H]1CC2(CC(Cc3ccc4scnc4c3)C2)[C@@H](O)[C@H]1O.Nc1ncnc2c1ccn2[C@@H]1CC2(CC(Cc3ccc4scnc4c3)C2)[C@@H](O)[C@H]1O. The second-order valence-corrected chi connectivity index (χ2v) is 31.0. The van der Waals surface area contributed by atoms with Crippen LogP contribution in [-0.2, 0) is 28.7 Å². The lowest BCUT2D eigenvalue weighted by molar-refractivity contribution is -0.181. The van der Waals surface area contributed by atoms with Gasteiger partial charge in [0.1, 0.15) is 71.7 Å². The molecule has 3 spiro atoms. The summed E-state index contributed by atoms with van der Waals surface area (Å²) < 4.78 is 22.9. The highest BCUT2D eigenvalue weighted by atomic mass is 32.1.